The van der Waals surface area contributed by atoms with Gasteiger partial charge < -0.3 is 26.1 Å². The first kappa shape index (κ1) is 38.6. The molecule has 0 radical (unpaired) electrons. The number of hydrogen-bond acceptors (Lipinski definition) is 9. The van der Waals surface area contributed by atoms with Gasteiger partial charge in [0.2, 0.25) is 0 Å². The van der Waals surface area contributed by atoms with Gasteiger partial charge in [0.1, 0.15) is 6.10 Å². The van der Waals surface area contributed by atoms with Gasteiger partial charge in [-0.15, -0.1) is 0 Å². The summed E-state index contributed by atoms with van der Waals surface area (Å²) >= 11 is 6.37. The molecule has 1 saturated heterocycles. The summed E-state index contributed by atoms with van der Waals surface area (Å²) in [5.74, 6) is 5.53. The Bertz CT molecular complexity index is 1370. The van der Waals surface area contributed by atoms with Gasteiger partial charge in [0.15, 0.2) is 0 Å². The van der Waals surface area contributed by atoms with Gasteiger partial charge in [0, 0.05) is 51.1 Å². The molecule has 6 N–H and O–H groups in total. The van der Waals surface area contributed by atoms with Crippen LogP contribution in [0, 0.1) is 0 Å². The van der Waals surface area contributed by atoms with Crippen LogP contribution < -0.4 is 27.3 Å². The first-order chi connectivity index (χ1) is 21.9. The Morgan fingerprint density at radius 2 is 1.93 bits per heavy atom. The number of hydrazine groups is 1. The van der Waals surface area contributed by atoms with E-state index in [0.717, 1.165) is 49.8 Å². The smallest absolute Gasteiger partial charge is 0.397 e. The van der Waals surface area contributed by atoms with E-state index in [9.17, 15) is 18.0 Å². The number of allylic oxidation sites excluding steroid dienone is 4. The number of rotatable bonds is 10. The Labute approximate surface area is 274 Å². The van der Waals surface area contributed by atoms with E-state index in [-0.39, 0.29) is 27.7 Å². The minimum atomic E-state index is -4.65. The van der Waals surface area contributed by atoms with Gasteiger partial charge in [-0.1, -0.05) is 31.5 Å². The third-order valence-electron chi connectivity index (χ3n) is 7.12. The predicted molar refractivity (Wildman–Crippen MR) is 180 cm³/mol. The van der Waals surface area contributed by atoms with E-state index < -0.39 is 23.8 Å². The molecule has 0 bridgehead atoms. The van der Waals surface area contributed by atoms with E-state index in [0.29, 0.717) is 17.7 Å². The van der Waals surface area contributed by atoms with Gasteiger partial charge in [0.25, 0.3) is 5.91 Å². The van der Waals surface area contributed by atoms with E-state index >= 15 is 0 Å². The lowest BCUT2D eigenvalue weighted by molar-refractivity contribution is -0.0883. The van der Waals surface area contributed by atoms with Crippen molar-refractivity contribution in [2.24, 2.45) is 16.7 Å². The zero-order chi connectivity index (χ0) is 34.4. The van der Waals surface area contributed by atoms with E-state index in [1.54, 1.807) is 26.1 Å². The highest BCUT2D eigenvalue weighted by atomic mass is 35.5. The summed E-state index contributed by atoms with van der Waals surface area (Å²) in [6.07, 6.45) is 3.61. The number of benzene rings is 1. The number of hydrogen-bond donors (Lipinski definition) is 4. The second-order valence-electron chi connectivity index (χ2n) is 10.4. The number of nitrogens with zero attached hydrogens (tertiary/aromatic N) is 4. The molecule has 1 aromatic rings. The van der Waals surface area contributed by atoms with Crippen LogP contribution in [0.3, 0.4) is 0 Å². The van der Waals surface area contributed by atoms with Gasteiger partial charge in [-0.3, -0.25) is 14.7 Å². The highest BCUT2D eigenvalue weighted by Crippen LogP contribution is 2.32. The average Bonchev–Trinajstić information content (AvgIpc) is 3.33. The van der Waals surface area contributed by atoms with Crippen LogP contribution in [0.4, 0.5) is 18.9 Å². The van der Waals surface area contributed by atoms with E-state index in [1.807, 2.05) is 20.9 Å². The number of nitrogens with two attached hydrogens (primary N) is 2. The van der Waals surface area contributed by atoms with Crippen molar-refractivity contribution in [2.45, 2.75) is 39.5 Å². The van der Waals surface area contributed by atoms with Crippen LogP contribution in [0.1, 0.15) is 37.6 Å². The summed E-state index contributed by atoms with van der Waals surface area (Å²) in [7, 11) is 5.04. The van der Waals surface area contributed by atoms with Crippen LogP contribution in [0.25, 0.3) is 0 Å². The summed E-state index contributed by atoms with van der Waals surface area (Å²) < 4.78 is 47.9. The van der Waals surface area contributed by atoms with Gasteiger partial charge in [-0.05, 0) is 75.5 Å². The van der Waals surface area contributed by atoms with Crippen molar-refractivity contribution >= 4 is 29.4 Å². The maximum Gasteiger partial charge on any atom is 0.416 e. The fourth-order valence-corrected chi connectivity index (χ4v) is 4.92. The Balaban J connectivity index is 0.00000361. The zero-order valence-electron chi connectivity index (χ0n) is 27.3. The molecular formula is C32H46ClF3N8O2. The standard InChI is InChI=1S/C30H40ClF3N8O2.C2H6/c1-5-21(17-38-37-2)25(35)19-42(36)27-15-22(7-8-24(27)31)29(43)39-26-16-23(30(32,33)34)13-20(14-28(26)44-4)18-41-10-6-9-40(3)11-12-41;1-2/h5,7-8,13-17,19,28,37H,6,9-12,18,35-36H2,1-4H3,(H,39,43);1-2H3/b21-5-,25-19-,38-17-;. The van der Waals surface area contributed by atoms with Crippen molar-refractivity contribution < 1.29 is 22.7 Å². The Morgan fingerprint density at radius 1 is 1.22 bits per heavy atom. The largest absolute Gasteiger partial charge is 0.416 e. The van der Waals surface area contributed by atoms with Crippen LogP contribution in [0.2, 0.25) is 5.02 Å². The molecule has 1 amide bonds. The number of anilines is 1. The number of carbonyl (C=O) groups excluding carboxylic acids is 1. The lowest BCUT2D eigenvalue weighted by atomic mass is 10.1. The molecule has 1 unspecified atom stereocenters. The van der Waals surface area contributed by atoms with Crippen molar-refractivity contribution in [3.8, 4) is 0 Å². The van der Waals surface area contributed by atoms with Gasteiger partial charge >= 0.3 is 6.18 Å². The number of nitrogens with one attached hydrogen (secondary N) is 2. The number of likely N-dealkylation sites (N-methyl/N-ethyl adjacent to an activating group) is 1. The number of hydrazone groups is 1. The van der Waals surface area contributed by atoms with Gasteiger partial charge in [0.05, 0.1) is 33.9 Å². The maximum atomic E-state index is 14.1. The topological polar surface area (TPSA) is 124 Å². The molecule has 1 aromatic carbocycles. The summed E-state index contributed by atoms with van der Waals surface area (Å²) in [6, 6.07) is 4.31. The molecule has 1 atom stereocenters. The minimum Gasteiger partial charge on any atom is -0.397 e. The first-order valence-electron chi connectivity index (χ1n) is 15.0. The molecule has 1 heterocycles. The SMILES string of the molecule is C/C=C(/C=N\NC)C(\N)=C\N(N)c1cc(C(=O)NC2=CC(C(F)(F)F)=CC(CN3CCCN(C)CC3)=CC2OC)ccc1Cl.CC. The molecule has 10 nitrogen and oxygen atoms in total. The molecule has 14 heteroatoms. The van der Waals surface area contributed by atoms with Gasteiger partial charge in [-0.2, -0.15) is 18.3 Å². The quantitative estimate of drug-likeness (QED) is 0.123. The Morgan fingerprint density at radius 3 is 2.57 bits per heavy atom. The molecule has 0 aromatic heterocycles. The molecule has 0 spiro atoms. The van der Waals surface area contributed by atoms with Crippen molar-refractivity contribution in [1.29, 1.82) is 0 Å². The minimum absolute atomic E-state index is 0.0570. The second kappa shape index (κ2) is 18.5. The Hall–Kier alpha value is -3.62. The van der Waals surface area contributed by atoms with E-state index in [2.05, 4.69) is 25.6 Å². The van der Waals surface area contributed by atoms with Crippen LogP contribution in [-0.4, -0.2) is 88.1 Å². The molecule has 1 aliphatic heterocycles. The van der Waals surface area contributed by atoms with Crippen LogP contribution in [-0.2, 0) is 4.74 Å². The van der Waals surface area contributed by atoms with Crippen LogP contribution in [0.5, 0.6) is 0 Å². The van der Waals surface area contributed by atoms with Crippen molar-refractivity contribution in [2.75, 3.05) is 58.9 Å². The second-order valence-corrected chi connectivity index (χ2v) is 10.8. The molecule has 0 saturated carbocycles. The van der Waals surface area contributed by atoms with Crippen LogP contribution in [0.15, 0.2) is 81.9 Å². The molecule has 3 rings (SSSR count). The zero-order valence-corrected chi connectivity index (χ0v) is 28.0. The van der Waals surface area contributed by atoms with Crippen molar-refractivity contribution in [3.63, 3.8) is 0 Å². The Kier molecular flexibility index (Phi) is 15.5. The average molecular weight is 667 g/mol. The monoisotopic (exact) mass is 666 g/mol. The first-order valence-corrected chi connectivity index (χ1v) is 15.4. The third-order valence-corrected chi connectivity index (χ3v) is 7.44. The molecule has 1 fully saturated rings. The van der Waals surface area contributed by atoms with Crippen molar-refractivity contribution in [1.82, 2.24) is 20.5 Å². The van der Waals surface area contributed by atoms with Gasteiger partial charge in [-0.25, -0.2) is 5.84 Å². The number of halogens is 4. The third kappa shape index (κ3) is 11.3. The normalized spacial score (nSPS) is 18.8. The van der Waals surface area contributed by atoms with Crippen LogP contribution >= 0.6 is 11.6 Å². The number of carbonyl (C=O) groups is 1. The van der Waals surface area contributed by atoms with E-state index in [4.69, 9.17) is 27.9 Å². The summed E-state index contributed by atoms with van der Waals surface area (Å²) in [4.78, 5) is 17.7. The van der Waals surface area contributed by atoms with Crippen molar-refractivity contribution in [3.05, 3.63) is 87.4 Å². The lowest BCUT2D eigenvalue weighted by Crippen LogP contribution is -2.32. The lowest BCUT2D eigenvalue weighted by Gasteiger charge is -2.22. The summed E-state index contributed by atoms with van der Waals surface area (Å²) in [5.41, 5.74) is 9.48. The summed E-state index contributed by atoms with van der Waals surface area (Å²) in [6.45, 7) is 9.35. The maximum absolute atomic E-state index is 14.1. The molecule has 1 aliphatic carbocycles. The predicted octanol–water partition coefficient (Wildman–Crippen LogP) is 4.69. The van der Waals surface area contributed by atoms with E-state index in [1.165, 1.54) is 37.7 Å². The molecule has 46 heavy (non-hydrogen) atoms. The molecule has 254 valence electrons. The molecule has 2 aliphatic rings. The summed E-state index contributed by atoms with van der Waals surface area (Å²) in [5, 5.41) is 7.91. The number of alkyl halides is 3. The highest BCUT2D eigenvalue weighted by Gasteiger charge is 2.35. The number of methoxy groups -OCH3 is 1. The highest BCUT2D eigenvalue weighted by molar-refractivity contribution is 6.33. The fourth-order valence-electron chi connectivity index (χ4n) is 4.70. The fraction of sp³-hybridized carbons (Fsp3) is 0.438. The number of amides is 1. The molecular weight excluding hydrogens is 621 g/mol. The number of ether oxygens (including phenoxy) is 1.